The molecule has 0 aromatic carbocycles. The van der Waals surface area contributed by atoms with Crippen molar-refractivity contribution in [3.05, 3.63) is 0 Å². The number of piperidine rings is 1. The van der Waals surface area contributed by atoms with E-state index in [2.05, 4.69) is 0 Å². The van der Waals surface area contributed by atoms with Crippen LogP contribution in [0.15, 0.2) is 0 Å². The number of carbonyl (C=O) groups excluding carboxylic acids is 2. The van der Waals surface area contributed by atoms with E-state index in [4.69, 9.17) is 4.74 Å². The van der Waals surface area contributed by atoms with Crippen molar-refractivity contribution in [3.8, 4) is 0 Å². The molecule has 124 valence electrons. The summed E-state index contributed by atoms with van der Waals surface area (Å²) in [6.45, 7) is 5.13. The van der Waals surface area contributed by atoms with Gasteiger partial charge in [-0.25, -0.2) is 4.79 Å². The summed E-state index contributed by atoms with van der Waals surface area (Å²) in [5.74, 6) is -0.325. The molecule has 2 rings (SSSR count). The molecule has 1 N–H and O–H groups in total. The summed E-state index contributed by atoms with van der Waals surface area (Å²) in [6.07, 6.45) is 1.29. The fraction of sp³-hybridized carbons (Fsp3) is 0.800. The quantitative estimate of drug-likeness (QED) is 0.791. The number of carbonyl (C=O) groups is 3. The van der Waals surface area contributed by atoms with Gasteiger partial charge in [0, 0.05) is 25.7 Å². The average Bonchev–Trinajstić information content (AvgIpc) is 2.68. The Hall–Kier alpha value is -1.79. The van der Waals surface area contributed by atoms with Crippen LogP contribution in [0.3, 0.4) is 0 Å². The molecular formula is C15H24N2O5. The van der Waals surface area contributed by atoms with Gasteiger partial charge in [0.05, 0.1) is 18.4 Å². The van der Waals surface area contributed by atoms with Crippen molar-refractivity contribution in [2.75, 3.05) is 26.2 Å². The van der Waals surface area contributed by atoms with Crippen molar-refractivity contribution < 1.29 is 24.2 Å². The van der Waals surface area contributed by atoms with Gasteiger partial charge in [0.2, 0.25) is 5.91 Å². The Kier molecular flexibility index (Phi) is 4.93. The highest BCUT2D eigenvalue weighted by Gasteiger charge is 2.52. The summed E-state index contributed by atoms with van der Waals surface area (Å²) < 4.78 is 4.89. The van der Waals surface area contributed by atoms with Gasteiger partial charge in [0.15, 0.2) is 0 Å². The first kappa shape index (κ1) is 16.6. The molecule has 7 heteroatoms. The molecule has 0 radical (unpaired) electrons. The van der Waals surface area contributed by atoms with E-state index in [9.17, 15) is 19.5 Å². The third kappa shape index (κ3) is 3.18. The standard InChI is InChI=1S/C15H24N2O5/c1-3-22-12(18)5-8-17-11(2)9-15(13(17)19)6-4-7-16(10-15)14(20)21/h11H,3-10H2,1-2H3,(H,20,21). The Morgan fingerprint density at radius 2 is 2.18 bits per heavy atom. The maximum atomic E-state index is 12.8. The average molecular weight is 312 g/mol. The number of rotatable bonds is 4. The largest absolute Gasteiger partial charge is 0.466 e. The first-order valence-corrected chi connectivity index (χ1v) is 7.84. The van der Waals surface area contributed by atoms with Gasteiger partial charge in [0.1, 0.15) is 0 Å². The highest BCUT2D eigenvalue weighted by atomic mass is 16.5. The third-order valence-corrected chi connectivity index (χ3v) is 4.64. The second-order valence-electron chi connectivity index (χ2n) is 6.19. The minimum absolute atomic E-state index is 0.0183. The van der Waals surface area contributed by atoms with Crippen LogP contribution in [0.5, 0.6) is 0 Å². The van der Waals surface area contributed by atoms with Gasteiger partial charge in [-0.3, -0.25) is 9.59 Å². The van der Waals surface area contributed by atoms with Gasteiger partial charge in [-0.15, -0.1) is 0 Å². The molecular weight excluding hydrogens is 288 g/mol. The van der Waals surface area contributed by atoms with Gasteiger partial charge in [-0.05, 0) is 33.1 Å². The molecule has 2 fully saturated rings. The number of esters is 1. The highest BCUT2D eigenvalue weighted by Crippen LogP contribution is 2.43. The van der Waals surface area contributed by atoms with Crippen molar-refractivity contribution in [2.45, 2.75) is 45.6 Å². The molecule has 1 spiro atoms. The zero-order valence-electron chi connectivity index (χ0n) is 13.2. The third-order valence-electron chi connectivity index (χ3n) is 4.64. The number of hydrogen-bond acceptors (Lipinski definition) is 4. The van der Waals surface area contributed by atoms with Crippen LogP contribution in [0.25, 0.3) is 0 Å². The summed E-state index contributed by atoms with van der Waals surface area (Å²) in [7, 11) is 0. The molecule has 0 aromatic rings. The predicted molar refractivity (Wildman–Crippen MR) is 78.3 cm³/mol. The molecule has 2 heterocycles. The van der Waals surface area contributed by atoms with Gasteiger partial charge in [0.25, 0.3) is 0 Å². The fourth-order valence-electron chi connectivity index (χ4n) is 3.67. The molecule has 2 unspecified atom stereocenters. The van der Waals surface area contributed by atoms with E-state index in [-0.39, 0.29) is 30.9 Å². The van der Waals surface area contributed by atoms with E-state index in [1.54, 1.807) is 11.8 Å². The SMILES string of the molecule is CCOC(=O)CCN1C(=O)C2(CCCN(C(=O)O)C2)CC1C. The minimum Gasteiger partial charge on any atom is -0.466 e. The van der Waals surface area contributed by atoms with Crippen LogP contribution in [0.2, 0.25) is 0 Å². The summed E-state index contributed by atoms with van der Waals surface area (Å²) in [5, 5.41) is 9.18. The normalized spacial score (nSPS) is 28.3. The van der Waals surface area contributed by atoms with E-state index in [1.165, 1.54) is 4.90 Å². The van der Waals surface area contributed by atoms with Crippen LogP contribution in [0.1, 0.15) is 39.5 Å². The number of hydrogen-bond donors (Lipinski definition) is 1. The monoisotopic (exact) mass is 312 g/mol. The topological polar surface area (TPSA) is 87.2 Å². The molecule has 2 aliphatic rings. The highest BCUT2D eigenvalue weighted by molar-refractivity contribution is 5.87. The molecule has 2 amide bonds. The number of amides is 2. The predicted octanol–water partition coefficient (Wildman–Crippen LogP) is 1.32. The summed E-state index contributed by atoms with van der Waals surface area (Å²) in [4.78, 5) is 38.5. The van der Waals surface area contributed by atoms with Crippen LogP contribution in [0, 0.1) is 5.41 Å². The van der Waals surface area contributed by atoms with Crippen molar-refractivity contribution in [3.63, 3.8) is 0 Å². The van der Waals surface area contributed by atoms with E-state index in [0.717, 1.165) is 6.42 Å². The smallest absolute Gasteiger partial charge is 0.407 e. The van der Waals surface area contributed by atoms with Crippen molar-refractivity contribution in [1.82, 2.24) is 9.80 Å². The van der Waals surface area contributed by atoms with Crippen LogP contribution < -0.4 is 0 Å². The van der Waals surface area contributed by atoms with Crippen molar-refractivity contribution in [1.29, 1.82) is 0 Å². The van der Waals surface area contributed by atoms with Gasteiger partial charge < -0.3 is 19.6 Å². The first-order valence-electron chi connectivity index (χ1n) is 7.84. The minimum atomic E-state index is -0.968. The molecule has 22 heavy (non-hydrogen) atoms. The zero-order chi connectivity index (χ0) is 16.3. The zero-order valence-corrected chi connectivity index (χ0v) is 13.2. The van der Waals surface area contributed by atoms with Gasteiger partial charge >= 0.3 is 12.1 Å². The molecule has 7 nitrogen and oxygen atoms in total. The lowest BCUT2D eigenvalue weighted by Gasteiger charge is -2.37. The molecule has 0 aliphatic carbocycles. The first-order chi connectivity index (χ1) is 10.4. The lowest BCUT2D eigenvalue weighted by atomic mass is 9.77. The van der Waals surface area contributed by atoms with E-state index < -0.39 is 11.5 Å². The molecule has 2 aliphatic heterocycles. The van der Waals surface area contributed by atoms with Gasteiger partial charge in [-0.2, -0.15) is 0 Å². The Labute approximate surface area is 130 Å². The lowest BCUT2D eigenvalue weighted by Crippen LogP contribution is -2.49. The molecule has 0 aromatic heterocycles. The Morgan fingerprint density at radius 3 is 2.82 bits per heavy atom. The maximum Gasteiger partial charge on any atom is 0.407 e. The molecule has 2 saturated heterocycles. The number of likely N-dealkylation sites (tertiary alicyclic amines) is 2. The Balaban J connectivity index is 2.03. The summed E-state index contributed by atoms with van der Waals surface area (Å²) in [6, 6.07) is 0.0238. The second kappa shape index (κ2) is 6.54. The lowest BCUT2D eigenvalue weighted by molar-refractivity contribution is -0.144. The number of nitrogens with zero attached hydrogens (tertiary/aromatic N) is 2. The number of ether oxygens (including phenoxy) is 1. The summed E-state index contributed by atoms with van der Waals surface area (Å²) >= 11 is 0. The van der Waals surface area contributed by atoms with E-state index in [1.807, 2.05) is 6.92 Å². The van der Waals surface area contributed by atoms with Crippen molar-refractivity contribution >= 4 is 18.0 Å². The van der Waals surface area contributed by atoms with E-state index in [0.29, 0.717) is 32.5 Å². The van der Waals surface area contributed by atoms with Crippen LogP contribution in [-0.2, 0) is 14.3 Å². The second-order valence-corrected chi connectivity index (χ2v) is 6.19. The number of carboxylic acid groups (broad SMARTS) is 1. The molecule has 0 bridgehead atoms. The summed E-state index contributed by atoms with van der Waals surface area (Å²) in [5.41, 5.74) is -0.606. The maximum absolute atomic E-state index is 12.8. The fourth-order valence-corrected chi connectivity index (χ4v) is 3.67. The van der Waals surface area contributed by atoms with Crippen LogP contribution in [0.4, 0.5) is 4.79 Å². The Morgan fingerprint density at radius 1 is 1.45 bits per heavy atom. The molecule has 0 saturated carbocycles. The van der Waals surface area contributed by atoms with E-state index >= 15 is 0 Å². The van der Waals surface area contributed by atoms with Crippen LogP contribution in [-0.4, -0.2) is 65.2 Å². The Bertz CT molecular complexity index is 467. The van der Waals surface area contributed by atoms with Gasteiger partial charge in [-0.1, -0.05) is 0 Å². The van der Waals surface area contributed by atoms with Crippen LogP contribution >= 0.6 is 0 Å². The molecule has 2 atom stereocenters. The van der Waals surface area contributed by atoms with Crippen molar-refractivity contribution in [2.24, 2.45) is 5.41 Å².